The number of aromatic amines is 1. The van der Waals surface area contributed by atoms with Crippen molar-refractivity contribution in [2.75, 3.05) is 5.32 Å². The van der Waals surface area contributed by atoms with Gasteiger partial charge in [0.05, 0.1) is 15.3 Å². The molecule has 1 heterocycles. The third kappa shape index (κ3) is 3.19. The first-order valence-electron chi connectivity index (χ1n) is 5.54. The van der Waals surface area contributed by atoms with E-state index in [1.165, 1.54) is 0 Å². The highest BCUT2D eigenvalue weighted by atomic mass is 127. The average Bonchev–Trinajstić information content (AvgIpc) is 2.80. The lowest BCUT2D eigenvalue weighted by atomic mass is 10.2. The van der Waals surface area contributed by atoms with Crippen LogP contribution in [0.2, 0.25) is 0 Å². The average molecular weight is 483 g/mol. The van der Waals surface area contributed by atoms with Crippen molar-refractivity contribution in [3.05, 3.63) is 36.6 Å². The second kappa shape index (κ2) is 6.07. The molecule has 1 aromatic heterocycles. The Morgan fingerprint density at radius 1 is 1.47 bits per heavy atom. The lowest BCUT2D eigenvalue weighted by molar-refractivity contribution is 0.102. The summed E-state index contributed by atoms with van der Waals surface area (Å²) in [7, 11) is 0. The van der Waals surface area contributed by atoms with Crippen LogP contribution in [0.3, 0.4) is 0 Å². The van der Waals surface area contributed by atoms with Crippen molar-refractivity contribution in [2.45, 2.75) is 13.3 Å². The zero-order valence-electron chi connectivity index (χ0n) is 10.00. The minimum absolute atomic E-state index is 0.00363. The molecule has 2 rings (SSSR count). The summed E-state index contributed by atoms with van der Waals surface area (Å²) < 4.78 is 1.54. The number of hydrogen-bond donors (Lipinski definition) is 3. The van der Waals surface area contributed by atoms with Gasteiger partial charge in [0.1, 0.15) is 11.6 Å². The molecule has 2 aromatic rings. The highest BCUT2D eigenvalue weighted by Crippen LogP contribution is 2.27. The van der Waals surface area contributed by atoms with E-state index in [-0.39, 0.29) is 17.2 Å². The number of halogens is 2. The standard InChI is InChI=1S/C12H11I2N3O2/c1-2-6-5-15-17-11(6)16-12(19)8-3-7(13)4-9(14)10(8)18/h3-5,18H,2H2,1H3,(H2,15,16,17,19). The molecule has 0 bridgehead atoms. The van der Waals surface area contributed by atoms with Gasteiger partial charge in [-0.1, -0.05) is 6.92 Å². The number of H-pyrrole nitrogens is 1. The van der Waals surface area contributed by atoms with Crippen LogP contribution in [0.1, 0.15) is 22.8 Å². The Kier molecular flexibility index (Phi) is 4.66. The van der Waals surface area contributed by atoms with Gasteiger partial charge in [-0.25, -0.2) is 0 Å². The van der Waals surface area contributed by atoms with Crippen LogP contribution in [0.5, 0.6) is 5.75 Å². The molecule has 0 aliphatic rings. The fraction of sp³-hybridized carbons (Fsp3) is 0.167. The zero-order valence-corrected chi connectivity index (χ0v) is 14.3. The summed E-state index contributed by atoms with van der Waals surface area (Å²) in [5, 5.41) is 19.3. The van der Waals surface area contributed by atoms with Gasteiger partial charge in [-0.05, 0) is 63.7 Å². The lowest BCUT2D eigenvalue weighted by Crippen LogP contribution is -2.14. The number of phenolic OH excluding ortho intramolecular Hbond substituents is 1. The Morgan fingerprint density at radius 2 is 2.21 bits per heavy atom. The number of nitrogens with zero attached hydrogens (tertiary/aromatic N) is 1. The molecule has 1 amide bonds. The van der Waals surface area contributed by atoms with Gasteiger partial charge in [0, 0.05) is 9.13 Å². The van der Waals surface area contributed by atoms with E-state index in [2.05, 4.69) is 38.1 Å². The number of rotatable bonds is 3. The van der Waals surface area contributed by atoms with Crippen LogP contribution < -0.4 is 5.32 Å². The summed E-state index contributed by atoms with van der Waals surface area (Å²) in [6, 6.07) is 3.45. The summed E-state index contributed by atoms with van der Waals surface area (Å²) in [5.74, 6) is 0.213. The highest BCUT2D eigenvalue weighted by molar-refractivity contribution is 14.1. The molecule has 7 heteroatoms. The Bertz CT molecular complexity index is 625. The third-order valence-electron chi connectivity index (χ3n) is 2.61. The van der Waals surface area contributed by atoms with E-state index in [4.69, 9.17) is 0 Å². The number of phenols is 1. The van der Waals surface area contributed by atoms with Gasteiger partial charge in [0.15, 0.2) is 0 Å². The van der Waals surface area contributed by atoms with E-state index in [1.807, 2.05) is 29.5 Å². The Hall–Kier alpha value is -0.840. The van der Waals surface area contributed by atoms with Crippen molar-refractivity contribution < 1.29 is 9.90 Å². The SMILES string of the molecule is CCc1cn[nH]c1NC(=O)c1cc(I)cc(I)c1O. The van der Waals surface area contributed by atoms with Gasteiger partial charge < -0.3 is 10.4 Å². The van der Waals surface area contributed by atoms with E-state index < -0.39 is 0 Å². The first-order chi connectivity index (χ1) is 9.02. The molecule has 0 aliphatic heterocycles. The van der Waals surface area contributed by atoms with Crippen LogP contribution in [-0.4, -0.2) is 21.2 Å². The Morgan fingerprint density at radius 3 is 2.89 bits per heavy atom. The fourth-order valence-corrected chi connectivity index (χ4v) is 3.45. The predicted octanol–water partition coefficient (Wildman–Crippen LogP) is 3.14. The topological polar surface area (TPSA) is 78.0 Å². The number of hydrogen-bond acceptors (Lipinski definition) is 3. The molecule has 3 N–H and O–H groups in total. The number of aromatic hydroxyl groups is 1. The summed E-state index contributed by atoms with van der Waals surface area (Å²) in [5.41, 5.74) is 1.18. The monoisotopic (exact) mass is 483 g/mol. The quantitative estimate of drug-likeness (QED) is 0.588. The summed E-state index contributed by atoms with van der Waals surface area (Å²) in [4.78, 5) is 12.2. The second-order valence-corrected chi connectivity index (χ2v) is 6.27. The molecule has 100 valence electrons. The Labute approximate surface area is 137 Å². The Balaban J connectivity index is 2.30. The summed E-state index contributed by atoms with van der Waals surface area (Å²) in [6.07, 6.45) is 2.44. The molecule has 0 spiro atoms. The first kappa shape index (κ1) is 14.6. The molecule has 0 saturated heterocycles. The summed E-state index contributed by atoms with van der Waals surface area (Å²) >= 11 is 4.11. The van der Waals surface area contributed by atoms with Crippen LogP contribution in [-0.2, 0) is 6.42 Å². The van der Waals surface area contributed by atoms with Gasteiger partial charge in [-0.3, -0.25) is 9.89 Å². The van der Waals surface area contributed by atoms with Gasteiger partial charge in [0.2, 0.25) is 0 Å². The van der Waals surface area contributed by atoms with Crippen LogP contribution >= 0.6 is 45.2 Å². The van der Waals surface area contributed by atoms with E-state index >= 15 is 0 Å². The van der Waals surface area contributed by atoms with Crippen molar-refractivity contribution >= 4 is 56.9 Å². The number of nitrogens with one attached hydrogen (secondary N) is 2. The molecule has 0 saturated carbocycles. The number of carbonyl (C=O) groups is 1. The van der Waals surface area contributed by atoms with E-state index in [1.54, 1.807) is 18.3 Å². The highest BCUT2D eigenvalue weighted by Gasteiger charge is 2.16. The molecule has 5 nitrogen and oxygen atoms in total. The third-order valence-corrected chi connectivity index (χ3v) is 4.06. The van der Waals surface area contributed by atoms with Crippen LogP contribution in [0.15, 0.2) is 18.3 Å². The van der Waals surface area contributed by atoms with Crippen LogP contribution in [0.4, 0.5) is 5.82 Å². The number of carbonyl (C=O) groups excluding carboxylic acids is 1. The van der Waals surface area contributed by atoms with Crippen molar-refractivity contribution in [1.82, 2.24) is 10.2 Å². The lowest BCUT2D eigenvalue weighted by Gasteiger charge is -2.08. The van der Waals surface area contributed by atoms with Gasteiger partial charge in [-0.15, -0.1) is 0 Å². The van der Waals surface area contributed by atoms with Crippen LogP contribution in [0, 0.1) is 7.14 Å². The number of anilines is 1. The molecule has 0 fully saturated rings. The fourth-order valence-electron chi connectivity index (χ4n) is 1.61. The van der Waals surface area contributed by atoms with E-state index in [9.17, 15) is 9.90 Å². The summed E-state index contributed by atoms with van der Waals surface area (Å²) in [6.45, 7) is 1.98. The molecule has 0 radical (unpaired) electrons. The second-order valence-electron chi connectivity index (χ2n) is 3.86. The van der Waals surface area contributed by atoms with Crippen LogP contribution in [0.25, 0.3) is 0 Å². The normalized spacial score (nSPS) is 10.5. The maximum Gasteiger partial charge on any atom is 0.260 e. The minimum atomic E-state index is -0.354. The molecular weight excluding hydrogens is 472 g/mol. The van der Waals surface area contributed by atoms with Crippen molar-refractivity contribution in [1.29, 1.82) is 0 Å². The largest absolute Gasteiger partial charge is 0.506 e. The van der Waals surface area contributed by atoms with Gasteiger partial charge in [0.25, 0.3) is 5.91 Å². The van der Waals surface area contributed by atoms with E-state index in [0.717, 1.165) is 15.6 Å². The minimum Gasteiger partial charge on any atom is -0.506 e. The van der Waals surface area contributed by atoms with E-state index in [0.29, 0.717) is 9.39 Å². The molecular formula is C12H11I2N3O2. The number of amides is 1. The maximum absolute atomic E-state index is 12.2. The number of aryl methyl sites for hydroxylation is 1. The number of aromatic nitrogens is 2. The first-order valence-corrected chi connectivity index (χ1v) is 7.70. The molecule has 0 unspecified atom stereocenters. The molecule has 0 aliphatic carbocycles. The molecule has 0 atom stereocenters. The molecule has 1 aromatic carbocycles. The maximum atomic E-state index is 12.2. The zero-order chi connectivity index (χ0) is 14.0. The number of benzene rings is 1. The van der Waals surface area contributed by atoms with Crippen molar-refractivity contribution in [3.63, 3.8) is 0 Å². The van der Waals surface area contributed by atoms with Crippen molar-refractivity contribution in [2.24, 2.45) is 0 Å². The van der Waals surface area contributed by atoms with Crippen molar-refractivity contribution in [3.8, 4) is 5.75 Å². The van der Waals surface area contributed by atoms with Gasteiger partial charge in [-0.2, -0.15) is 5.10 Å². The molecule has 19 heavy (non-hydrogen) atoms. The predicted molar refractivity (Wildman–Crippen MR) is 89.5 cm³/mol. The smallest absolute Gasteiger partial charge is 0.260 e. The van der Waals surface area contributed by atoms with Gasteiger partial charge >= 0.3 is 0 Å².